The van der Waals surface area contributed by atoms with E-state index in [4.69, 9.17) is 0 Å². The molecule has 6 heteroatoms. The van der Waals surface area contributed by atoms with Gasteiger partial charge in [-0.15, -0.1) is 0 Å². The monoisotopic (exact) mass is 351 g/mol. The highest BCUT2D eigenvalue weighted by atomic mass is 79.9. The van der Waals surface area contributed by atoms with Gasteiger partial charge in [-0.05, 0) is 42.5 Å². The highest BCUT2D eigenvalue weighted by Crippen LogP contribution is 2.20. The summed E-state index contributed by atoms with van der Waals surface area (Å²) in [7, 11) is 1.21. The van der Waals surface area contributed by atoms with Gasteiger partial charge in [-0.25, -0.2) is 9.18 Å². The van der Waals surface area contributed by atoms with Gasteiger partial charge in [0.2, 0.25) is 0 Å². The number of methoxy groups -OCH3 is 1. The van der Waals surface area contributed by atoms with E-state index < -0.39 is 17.7 Å². The third-order valence-corrected chi connectivity index (χ3v) is 3.27. The molecule has 0 saturated heterocycles. The van der Waals surface area contributed by atoms with Gasteiger partial charge in [-0.3, -0.25) is 4.79 Å². The van der Waals surface area contributed by atoms with Crippen molar-refractivity contribution in [2.75, 3.05) is 12.4 Å². The first kappa shape index (κ1) is 15.2. The van der Waals surface area contributed by atoms with Gasteiger partial charge in [-0.1, -0.05) is 15.9 Å². The van der Waals surface area contributed by atoms with Crippen molar-refractivity contribution >= 4 is 33.5 Å². The number of esters is 1. The zero-order valence-corrected chi connectivity index (χ0v) is 12.6. The molecule has 0 atom stereocenters. The molecule has 0 bridgehead atoms. The van der Waals surface area contributed by atoms with Crippen LogP contribution in [0.4, 0.5) is 10.1 Å². The van der Waals surface area contributed by atoms with Crippen molar-refractivity contribution in [1.82, 2.24) is 0 Å². The van der Waals surface area contributed by atoms with Gasteiger partial charge in [-0.2, -0.15) is 0 Å². The molecule has 0 saturated carbocycles. The second-order valence-corrected chi connectivity index (χ2v) is 5.06. The number of halogens is 2. The Hall–Kier alpha value is -2.21. The second-order valence-electron chi connectivity index (χ2n) is 4.14. The molecular formula is C15H11BrFNO3. The normalized spacial score (nSPS) is 10.0. The zero-order chi connectivity index (χ0) is 15.4. The van der Waals surface area contributed by atoms with Crippen LogP contribution in [0.3, 0.4) is 0 Å². The van der Waals surface area contributed by atoms with Crippen molar-refractivity contribution in [2.24, 2.45) is 0 Å². The molecule has 0 aliphatic heterocycles. The molecule has 0 spiro atoms. The predicted molar refractivity (Wildman–Crippen MR) is 79.8 cm³/mol. The number of carbonyl (C=O) groups excluding carboxylic acids is 2. The van der Waals surface area contributed by atoms with Crippen LogP contribution in [0, 0.1) is 5.82 Å². The second kappa shape index (κ2) is 6.49. The Labute approximate surface area is 129 Å². The first-order valence-corrected chi connectivity index (χ1v) is 6.75. The minimum atomic E-state index is -0.652. The molecule has 2 rings (SSSR count). The van der Waals surface area contributed by atoms with E-state index in [-0.39, 0.29) is 11.3 Å². The lowest BCUT2D eigenvalue weighted by molar-refractivity contribution is 0.0602. The minimum absolute atomic E-state index is 0.0646. The Balaban J connectivity index is 2.30. The van der Waals surface area contributed by atoms with Crippen LogP contribution in [0.25, 0.3) is 0 Å². The van der Waals surface area contributed by atoms with Crippen LogP contribution in [-0.4, -0.2) is 19.0 Å². The van der Waals surface area contributed by atoms with E-state index in [1.807, 2.05) is 0 Å². The third kappa shape index (κ3) is 3.66. The van der Waals surface area contributed by atoms with Gasteiger partial charge in [0.1, 0.15) is 5.82 Å². The van der Waals surface area contributed by atoms with Crippen molar-refractivity contribution in [2.45, 2.75) is 0 Å². The molecule has 0 unspecified atom stereocenters. The van der Waals surface area contributed by atoms with Crippen LogP contribution in [-0.2, 0) is 4.74 Å². The zero-order valence-electron chi connectivity index (χ0n) is 11.0. The molecule has 0 radical (unpaired) electrons. The molecule has 0 heterocycles. The smallest absolute Gasteiger partial charge is 0.339 e. The van der Waals surface area contributed by atoms with E-state index in [0.29, 0.717) is 5.56 Å². The van der Waals surface area contributed by atoms with Gasteiger partial charge < -0.3 is 10.1 Å². The van der Waals surface area contributed by atoms with Crippen LogP contribution in [0.2, 0.25) is 0 Å². The summed E-state index contributed by atoms with van der Waals surface area (Å²) in [5, 5.41) is 2.51. The number of ether oxygens (including phenoxy) is 1. The fourth-order valence-corrected chi connectivity index (χ4v) is 1.97. The summed E-state index contributed by atoms with van der Waals surface area (Å²) in [6, 6.07) is 10.1. The number of amides is 1. The lowest BCUT2D eigenvalue weighted by Gasteiger charge is -2.10. The average Bonchev–Trinajstić information content (AvgIpc) is 2.47. The van der Waals surface area contributed by atoms with Gasteiger partial charge in [0, 0.05) is 10.0 Å². The fraction of sp³-hybridized carbons (Fsp3) is 0.0667. The molecule has 108 valence electrons. The van der Waals surface area contributed by atoms with Crippen LogP contribution in [0.5, 0.6) is 0 Å². The van der Waals surface area contributed by atoms with E-state index in [2.05, 4.69) is 26.0 Å². The lowest BCUT2D eigenvalue weighted by Crippen LogP contribution is -2.15. The summed E-state index contributed by atoms with van der Waals surface area (Å²) in [5.41, 5.74) is 0.539. The number of rotatable bonds is 3. The summed E-state index contributed by atoms with van der Waals surface area (Å²) in [4.78, 5) is 23.7. The molecule has 1 amide bonds. The maximum absolute atomic E-state index is 13.3. The molecule has 0 fully saturated rings. The Morgan fingerprint density at radius 3 is 2.43 bits per heavy atom. The van der Waals surface area contributed by atoms with Gasteiger partial charge in [0.15, 0.2) is 0 Å². The van der Waals surface area contributed by atoms with Crippen LogP contribution < -0.4 is 5.32 Å². The number of anilines is 1. The number of nitrogens with one attached hydrogen (secondary N) is 1. The Morgan fingerprint density at radius 1 is 1.14 bits per heavy atom. The number of hydrogen-bond donors (Lipinski definition) is 1. The van der Waals surface area contributed by atoms with Crippen LogP contribution in [0.1, 0.15) is 20.7 Å². The maximum atomic E-state index is 13.3. The highest BCUT2D eigenvalue weighted by Gasteiger charge is 2.15. The Bertz CT molecular complexity index is 686. The van der Waals surface area contributed by atoms with Gasteiger partial charge >= 0.3 is 5.97 Å². The average molecular weight is 352 g/mol. The van der Waals surface area contributed by atoms with E-state index in [1.54, 1.807) is 24.3 Å². The van der Waals surface area contributed by atoms with Gasteiger partial charge in [0.05, 0.1) is 18.4 Å². The summed E-state index contributed by atoms with van der Waals surface area (Å²) < 4.78 is 18.7. The van der Waals surface area contributed by atoms with Crippen LogP contribution in [0.15, 0.2) is 46.9 Å². The Morgan fingerprint density at radius 2 is 1.81 bits per heavy atom. The van der Waals surface area contributed by atoms with E-state index in [1.165, 1.54) is 13.2 Å². The molecule has 0 aliphatic carbocycles. The number of hydrogen-bond acceptors (Lipinski definition) is 3. The van der Waals surface area contributed by atoms with Crippen molar-refractivity contribution < 1.29 is 18.7 Å². The van der Waals surface area contributed by atoms with E-state index in [0.717, 1.165) is 16.6 Å². The SMILES string of the molecule is COC(=O)c1ccc(F)cc1NC(=O)c1ccc(Br)cc1. The molecular weight excluding hydrogens is 341 g/mol. The summed E-state index contributed by atoms with van der Waals surface area (Å²) in [5.74, 6) is -1.66. The third-order valence-electron chi connectivity index (χ3n) is 2.74. The van der Waals surface area contributed by atoms with Gasteiger partial charge in [0.25, 0.3) is 5.91 Å². The molecule has 0 aromatic heterocycles. The summed E-state index contributed by atoms with van der Waals surface area (Å²) in [6.07, 6.45) is 0. The molecule has 2 aromatic rings. The predicted octanol–water partition coefficient (Wildman–Crippen LogP) is 3.63. The number of benzene rings is 2. The number of carbonyl (C=O) groups is 2. The molecule has 2 aromatic carbocycles. The van der Waals surface area contributed by atoms with E-state index >= 15 is 0 Å². The fourth-order valence-electron chi connectivity index (χ4n) is 1.70. The Kier molecular flexibility index (Phi) is 4.70. The molecule has 21 heavy (non-hydrogen) atoms. The topological polar surface area (TPSA) is 55.4 Å². The summed E-state index contributed by atoms with van der Waals surface area (Å²) in [6.45, 7) is 0. The van der Waals surface area contributed by atoms with Crippen molar-refractivity contribution in [3.63, 3.8) is 0 Å². The lowest BCUT2D eigenvalue weighted by atomic mass is 10.1. The molecule has 1 N–H and O–H groups in total. The first-order chi connectivity index (χ1) is 10.0. The molecule has 4 nitrogen and oxygen atoms in total. The quantitative estimate of drug-likeness (QED) is 0.859. The minimum Gasteiger partial charge on any atom is -0.465 e. The maximum Gasteiger partial charge on any atom is 0.339 e. The van der Waals surface area contributed by atoms with Crippen molar-refractivity contribution in [3.8, 4) is 0 Å². The summed E-state index contributed by atoms with van der Waals surface area (Å²) >= 11 is 3.27. The standard InChI is InChI=1S/C15H11BrFNO3/c1-21-15(20)12-7-6-11(17)8-13(12)18-14(19)9-2-4-10(16)5-3-9/h2-8H,1H3,(H,18,19). The largest absolute Gasteiger partial charge is 0.465 e. The highest BCUT2D eigenvalue weighted by molar-refractivity contribution is 9.10. The molecule has 0 aliphatic rings. The first-order valence-electron chi connectivity index (χ1n) is 5.96. The van der Waals surface area contributed by atoms with E-state index in [9.17, 15) is 14.0 Å². The van der Waals surface area contributed by atoms with Crippen LogP contribution >= 0.6 is 15.9 Å². The van der Waals surface area contributed by atoms with Crippen molar-refractivity contribution in [1.29, 1.82) is 0 Å². The van der Waals surface area contributed by atoms with Crippen molar-refractivity contribution in [3.05, 3.63) is 63.9 Å².